The van der Waals surface area contributed by atoms with Gasteiger partial charge in [0.05, 0.1) is 5.56 Å². The predicted octanol–water partition coefficient (Wildman–Crippen LogP) is 3.55. The van der Waals surface area contributed by atoms with E-state index in [0.717, 1.165) is 12.1 Å². The lowest BCUT2D eigenvalue weighted by molar-refractivity contribution is 0.0949. The molecule has 0 saturated carbocycles. The second kappa shape index (κ2) is 6.45. The van der Waals surface area contributed by atoms with Crippen LogP contribution in [0, 0.1) is 15.2 Å². The summed E-state index contributed by atoms with van der Waals surface area (Å²) in [6.45, 7) is 0.0668. The van der Waals surface area contributed by atoms with Gasteiger partial charge in [0.15, 0.2) is 11.6 Å². The lowest BCUT2D eigenvalue weighted by atomic mass is 10.2. The number of nitrogens with one attached hydrogen (secondary N) is 1. The molecule has 2 aromatic rings. The van der Waals surface area contributed by atoms with Gasteiger partial charge in [0.2, 0.25) is 0 Å². The minimum Gasteiger partial charge on any atom is -0.348 e. The number of carbonyl (C=O) groups is 1. The Morgan fingerprint density at radius 2 is 2.05 bits per heavy atom. The average molecular weight is 409 g/mol. The Morgan fingerprint density at radius 1 is 1.30 bits per heavy atom. The molecule has 1 heterocycles. The van der Waals surface area contributed by atoms with Crippen molar-refractivity contribution >= 4 is 40.1 Å². The summed E-state index contributed by atoms with van der Waals surface area (Å²) >= 11 is 7.84. The summed E-state index contributed by atoms with van der Waals surface area (Å²) < 4.78 is 26.5. The van der Waals surface area contributed by atoms with Crippen LogP contribution in [-0.4, -0.2) is 10.9 Å². The van der Waals surface area contributed by atoms with Crippen molar-refractivity contribution in [1.29, 1.82) is 0 Å². The van der Waals surface area contributed by atoms with E-state index in [1.807, 2.05) is 22.6 Å². The van der Waals surface area contributed by atoms with Crippen molar-refractivity contribution in [2.45, 2.75) is 6.54 Å². The summed E-state index contributed by atoms with van der Waals surface area (Å²) in [5.41, 5.74) is 0.713. The quantitative estimate of drug-likeness (QED) is 0.623. The van der Waals surface area contributed by atoms with E-state index in [0.29, 0.717) is 9.13 Å². The van der Waals surface area contributed by atoms with E-state index in [9.17, 15) is 13.6 Å². The number of halogens is 4. The zero-order valence-electron chi connectivity index (χ0n) is 9.96. The van der Waals surface area contributed by atoms with Gasteiger partial charge in [-0.05, 0) is 46.4 Å². The highest BCUT2D eigenvalue weighted by molar-refractivity contribution is 14.1. The molecule has 1 N–H and O–H groups in total. The van der Waals surface area contributed by atoms with Crippen molar-refractivity contribution in [2.75, 3.05) is 0 Å². The Kier molecular flexibility index (Phi) is 4.87. The zero-order chi connectivity index (χ0) is 14.7. The molecule has 0 unspecified atom stereocenters. The van der Waals surface area contributed by atoms with Crippen LogP contribution in [0.1, 0.15) is 15.9 Å². The van der Waals surface area contributed by atoms with Gasteiger partial charge in [-0.15, -0.1) is 0 Å². The van der Waals surface area contributed by atoms with E-state index in [1.165, 1.54) is 12.3 Å². The molecule has 1 aromatic carbocycles. The lowest BCUT2D eigenvalue weighted by Gasteiger charge is -2.08. The van der Waals surface area contributed by atoms with Crippen LogP contribution in [0.2, 0.25) is 5.15 Å². The molecule has 104 valence electrons. The van der Waals surface area contributed by atoms with Crippen LogP contribution >= 0.6 is 34.2 Å². The number of rotatable bonds is 3. The van der Waals surface area contributed by atoms with E-state index in [4.69, 9.17) is 11.6 Å². The van der Waals surface area contributed by atoms with Crippen molar-refractivity contribution in [2.24, 2.45) is 0 Å². The van der Waals surface area contributed by atoms with Gasteiger partial charge < -0.3 is 5.32 Å². The number of nitrogens with zero attached hydrogens (tertiary/aromatic N) is 1. The van der Waals surface area contributed by atoms with Gasteiger partial charge in [-0.1, -0.05) is 17.7 Å². The normalized spacial score (nSPS) is 10.4. The van der Waals surface area contributed by atoms with Crippen LogP contribution in [-0.2, 0) is 6.54 Å². The Balaban J connectivity index is 2.11. The molecule has 0 bridgehead atoms. The molecule has 1 aromatic heterocycles. The Hall–Kier alpha value is -1.28. The number of pyridine rings is 1. The van der Waals surface area contributed by atoms with Gasteiger partial charge in [0.1, 0.15) is 5.15 Å². The molecule has 0 saturated heterocycles. The Morgan fingerprint density at radius 3 is 2.70 bits per heavy atom. The largest absolute Gasteiger partial charge is 0.348 e. The maximum atomic E-state index is 13.0. The predicted molar refractivity (Wildman–Crippen MR) is 79.5 cm³/mol. The molecule has 0 aliphatic rings. The fraction of sp³-hybridized carbons (Fsp3) is 0.0769. The molecular formula is C13H8ClF2IN2O. The molecular weight excluding hydrogens is 401 g/mol. The topological polar surface area (TPSA) is 42.0 Å². The lowest BCUT2D eigenvalue weighted by Crippen LogP contribution is -2.24. The van der Waals surface area contributed by atoms with Crippen molar-refractivity contribution in [3.05, 3.63) is 61.9 Å². The molecule has 0 fully saturated rings. The SMILES string of the molecule is O=C(NCc1ccc(F)c(F)c1)c1c(I)ccnc1Cl. The molecule has 3 nitrogen and oxygen atoms in total. The van der Waals surface area contributed by atoms with Crippen LogP contribution in [0.5, 0.6) is 0 Å². The third-order valence-electron chi connectivity index (χ3n) is 2.52. The highest BCUT2D eigenvalue weighted by Crippen LogP contribution is 2.19. The standard InChI is InChI=1S/C13H8ClF2IN2O/c14-12-11(10(17)3-4-18-12)13(20)19-6-7-1-2-8(15)9(16)5-7/h1-5H,6H2,(H,19,20). The summed E-state index contributed by atoms with van der Waals surface area (Å²) in [7, 11) is 0. The fourth-order valence-electron chi connectivity index (χ4n) is 1.54. The monoisotopic (exact) mass is 408 g/mol. The van der Waals surface area contributed by atoms with E-state index in [1.54, 1.807) is 6.07 Å². The number of hydrogen-bond acceptors (Lipinski definition) is 2. The van der Waals surface area contributed by atoms with E-state index in [-0.39, 0.29) is 17.3 Å². The first-order chi connectivity index (χ1) is 9.49. The minimum atomic E-state index is -0.953. The van der Waals surface area contributed by atoms with Crippen LogP contribution in [0.15, 0.2) is 30.5 Å². The molecule has 0 atom stereocenters. The van der Waals surface area contributed by atoms with Crippen LogP contribution in [0.4, 0.5) is 8.78 Å². The second-order valence-corrected chi connectivity index (χ2v) is 5.41. The van der Waals surface area contributed by atoms with Gasteiger partial charge >= 0.3 is 0 Å². The summed E-state index contributed by atoms with van der Waals surface area (Å²) in [6.07, 6.45) is 1.50. The fourth-order valence-corrected chi connectivity index (χ4v) is 2.60. The molecule has 20 heavy (non-hydrogen) atoms. The van der Waals surface area contributed by atoms with E-state index in [2.05, 4.69) is 10.3 Å². The third kappa shape index (κ3) is 3.43. The molecule has 7 heteroatoms. The summed E-state index contributed by atoms with van der Waals surface area (Å²) in [5, 5.41) is 2.68. The minimum absolute atomic E-state index is 0.0668. The van der Waals surface area contributed by atoms with E-state index >= 15 is 0 Å². The second-order valence-electron chi connectivity index (χ2n) is 3.89. The van der Waals surface area contributed by atoms with E-state index < -0.39 is 17.5 Å². The van der Waals surface area contributed by atoms with Crippen molar-refractivity contribution in [3.63, 3.8) is 0 Å². The number of benzene rings is 1. The van der Waals surface area contributed by atoms with Crippen molar-refractivity contribution < 1.29 is 13.6 Å². The molecule has 1 amide bonds. The maximum absolute atomic E-state index is 13.0. The number of hydrogen-bond donors (Lipinski definition) is 1. The van der Waals surface area contributed by atoms with Gasteiger partial charge in [-0.25, -0.2) is 13.8 Å². The van der Waals surface area contributed by atoms with Gasteiger partial charge in [0.25, 0.3) is 5.91 Å². The highest BCUT2D eigenvalue weighted by atomic mass is 127. The van der Waals surface area contributed by atoms with Crippen molar-refractivity contribution in [1.82, 2.24) is 10.3 Å². The van der Waals surface area contributed by atoms with Gasteiger partial charge in [-0.3, -0.25) is 4.79 Å². The summed E-state index contributed by atoms with van der Waals surface area (Å²) in [6, 6.07) is 5.09. The molecule has 0 aliphatic carbocycles. The number of amides is 1. The third-order valence-corrected chi connectivity index (χ3v) is 3.70. The van der Waals surface area contributed by atoms with Gasteiger partial charge in [0, 0.05) is 16.3 Å². The molecule has 0 aliphatic heterocycles. The first-order valence-electron chi connectivity index (χ1n) is 5.51. The molecule has 0 radical (unpaired) electrons. The first-order valence-corrected chi connectivity index (χ1v) is 6.97. The van der Waals surface area contributed by atoms with Gasteiger partial charge in [-0.2, -0.15) is 0 Å². The molecule has 2 rings (SSSR count). The summed E-state index contributed by atoms with van der Waals surface area (Å²) in [4.78, 5) is 15.8. The van der Waals surface area contributed by atoms with Crippen LogP contribution in [0.3, 0.4) is 0 Å². The van der Waals surface area contributed by atoms with Crippen LogP contribution < -0.4 is 5.32 Å². The van der Waals surface area contributed by atoms with Crippen molar-refractivity contribution in [3.8, 4) is 0 Å². The first kappa shape index (κ1) is 15.1. The maximum Gasteiger partial charge on any atom is 0.255 e. The molecule has 0 spiro atoms. The smallest absolute Gasteiger partial charge is 0.255 e. The number of carbonyl (C=O) groups excluding carboxylic acids is 1. The highest BCUT2D eigenvalue weighted by Gasteiger charge is 2.15. The Bertz CT molecular complexity index is 647. The Labute approximate surface area is 132 Å². The zero-order valence-corrected chi connectivity index (χ0v) is 12.9. The number of aromatic nitrogens is 1. The average Bonchev–Trinajstić information content (AvgIpc) is 2.40. The summed E-state index contributed by atoms with van der Waals surface area (Å²) in [5.74, 6) is -2.30. The van der Waals surface area contributed by atoms with Crippen LogP contribution in [0.25, 0.3) is 0 Å².